The molecule has 0 bridgehead atoms. The van der Waals surface area contributed by atoms with Gasteiger partial charge < -0.3 is 9.84 Å². The summed E-state index contributed by atoms with van der Waals surface area (Å²) < 4.78 is 5.28. The first kappa shape index (κ1) is 12.5. The Kier molecular flexibility index (Phi) is 3.77. The lowest BCUT2D eigenvalue weighted by atomic mass is 9.73. The van der Waals surface area contributed by atoms with Crippen molar-refractivity contribution in [3.8, 4) is 0 Å². The number of rotatable bonds is 2. The number of carbonyl (C=O) groups is 1. The predicted octanol–water partition coefficient (Wildman–Crippen LogP) is 2.13. The largest absolute Gasteiger partial charge is 0.459 e. The van der Waals surface area contributed by atoms with Crippen molar-refractivity contribution >= 4 is 5.97 Å². The Labute approximate surface area is 91.8 Å². The molecule has 0 unspecified atom stereocenters. The minimum absolute atomic E-state index is 0.257. The number of carbonyl (C=O) groups excluding carboxylic acids is 1. The zero-order valence-corrected chi connectivity index (χ0v) is 10.1. The summed E-state index contributed by atoms with van der Waals surface area (Å²) in [5.41, 5.74) is -0.462. The molecule has 1 aliphatic carbocycles. The molecule has 1 fully saturated rings. The second-order valence-electron chi connectivity index (χ2n) is 5.26. The van der Waals surface area contributed by atoms with Gasteiger partial charge in [-0.3, -0.25) is 4.79 Å². The molecule has 0 radical (unpaired) electrons. The smallest absolute Gasteiger partial charge is 0.303 e. The van der Waals surface area contributed by atoms with Gasteiger partial charge in [0.15, 0.2) is 0 Å². The Morgan fingerprint density at radius 3 is 2.53 bits per heavy atom. The Bertz CT molecular complexity index is 237. The summed E-state index contributed by atoms with van der Waals surface area (Å²) in [4.78, 5) is 10.9. The summed E-state index contributed by atoms with van der Waals surface area (Å²) in [5, 5.41) is 10.00. The number of aliphatic hydroxyl groups is 1. The molecule has 3 nitrogen and oxygen atoms in total. The van der Waals surface area contributed by atoms with Crippen molar-refractivity contribution in [2.75, 3.05) is 0 Å². The molecule has 0 spiro atoms. The molecule has 0 saturated heterocycles. The van der Waals surface area contributed by atoms with E-state index in [1.807, 2.05) is 6.92 Å². The molecule has 1 saturated carbocycles. The van der Waals surface area contributed by atoms with Crippen LogP contribution in [0.15, 0.2) is 0 Å². The summed E-state index contributed by atoms with van der Waals surface area (Å²) in [6, 6.07) is 0. The van der Waals surface area contributed by atoms with Crippen molar-refractivity contribution in [1.29, 1.82) is 0 Å². The van der Waals surface area contributed by atoms with Gasteiger partial charge in [0.2, 0.25) is 0 Å². The van der Waals surface area contributed by atoms with Gasteiger partial charge >= 0.3 is 5.97 Å². The molecular formula is C12H22O3. The van der Waals surface area contributed by atoms with Crippen LogP contribution in [0, 0.1) is 11.8 Å². The highest BCUT2D eigenvalue weighted by molar-refractivity contribution is 5.66. The second-order valence-corrected chi connectivity index (χ2v) is 5.26. The number of ether oxygens (including phenoxy) is 1. The zero-order valence-electron chi connectivity index (χ0n) is 10.1. The maximum atomic E-state index is 10.9. The van der Waals surface area contributed by atoms with Crippen LogP contribution in [0.2, 0.25) is 0 Å². The molecule has 15 heavy (non-hydrogen) atoms. The Hall–Kier alpha value is -0.570. The fourth-order valence-electron chi connectivity index (χ4n) is 2.58. The molecule has 0 aromatic carbocycles. The van der Waals surface area contributed by atoms with Gasteiger partial charge in [0.1, 0.15) is 5.60 Å². The lowest BCUT2D eigenvalue weighted by Gasteiger charge is -2.41. The van der Waals surface area contributed by atoms with E-state index in [4.69, 9.17) is 4.74 Å². The van der Waals surface area contributed by atoms with E-state index in [-0.39, 0.29) is 12.1 Å². The van der Waals surface area contributed by atoms with Gasteiger partial charge in [0.25, 0.3) is 0 Å². The van der Waals surface area contributed by atoms with Crippen LogP contribution < -0.4 is 0 Å². The van der Waals surface area contributed by atoms with Crippen LogP contribution in [0.3, 0.4) is 0 Å². The molecular weight excluding hydrogens is 192 g/mol. The van der Waals surface area contributed by atoms with E-state index in [2.05, 4.69) is 13.8 Å². The first-order valence-corrected chi connectivity index (χ1v) is 5.72. The van der Waals surface area contributed by atoms with E-state index in [1.165, 1.54) is 6.92 Å². The third kappa shape index (κ3) is 3.20. The van der Waals surface area contributed by atoms with Crippen molar-refractivity contribution in [2.24, 2.45) is 11.8 Å². The number of hydrogen-bond donors (Lipinski definition) is 1. The minimum atomic E-state index is -0.462. The van der Waals surface area contributed by atoms with Crippen LogP contribution in [-0.4, -0.2) is 22.8 Å². The minimum Gasteiger partial charge on any atom is -0.459 e. The van der Waals surface area contributed by atoms with Gasteiger partial charge in [-0.15, -0.1) is 0 Å². The predicted molar refractivity (Wildman–Crippen MR) is 58.4 cm³/mol. The van der Waals surface area contributed by atoms with E-state index >= 15 is 0 Å². The normalized spacial score (nSPS) is 36.7. The monoisotopic (exact) mass is 214 g/mol. The quantitative estimate of drug-likeness (QED) is 0.716. The highest BCUT2D eigenvalue weighted by Gasteiger charge is 2.40. The van der Waals surface area contributed by atoms with Crippen LogP contribution in [0.25, 0.3) is 0 Å². The highest BCUT2D eigenvalue weighted by Crippen LogP contribution is 2.38. The Morgan fingerprint density at radius 2 is 2.13 bits per heavy atom. The van der Waals surface area contributed by atoms with E-state index in [9.17, 15) is 9.90 Å². The lowest BCUT2D eigenvalue weighted by molar-refractivity contribution is -0.165. The SMILES string of the molecule is CC(=O)O[C@]1(C)CC[C@H](C(C)C)[C@@H](O)C1. The van der Waals surface area contributed by atoms with Gasteiger partial charge in [-0.25, -0.2) is 0 Å². The fourth-order valence-corrected chi connectivity index (χ4v) is 2.58. The summed E-state index contributed by atoms with van der Waals surface area (Å²) in [6.45, 7) is 7.59. The first-order chi connectivity index (χ1) is 6.84. The molecule has 3 atom stereocenters. The molecule has 1 rings (SSSR count). The van der Waals surface area contributed by atoms with Crippen LogP contribution in [0.4, 0.5) is 0 Å². The molecule has 1 N–H and O–H groups in total. The molecule has 0 aliphatic heterocycles. The van der Waals surface area contributed by atoms with Crippen molar-refractivity contribution < 1.29 is 14.6 Å². The number of hydrogen-bond acceptors (Lipinski definition) is 3. The van der Waals surface area contributed by atoms with E-state index in [1.54, 1.807) is 0 Å². The molecule has 0 heterocycles. The third-order valence-electron chi connectivity index (χ3n) is 3.39. The molecule has 88 valence electrons. The number of aliphatic hydroxyl groups excluding tert-OH is 1. The van der Waals surface area contributed by atoms with Gasteiger partial charge in [-0.05, 0) is 31.6 Å². The van der Waals surface area contributed by atoms with Crippen molar-refractivity contribution in [3.05, 3.63) is 0 Å². The maximum Gasteiger partial charge on any atom is 0.303 e. The number of esters is 1. The molecule has 1 aliphatic rings. The van der Waals surface area contributed by atoms with Gasteiger partial charge in [-0.2, -0.15) is 0 Å². The summed E-state index contributed by atoms with van der Waals surface area (Å²) in [6.07, 6.45) is 2.01. The Morgan fingerprint density at radius 1 is 1.53 bits per heavy atom. The summed E-state index contributed by atoms with van der Waals surface area (Å²) in [7, 11) is 0. The van der Waals surface area contributed by atoms with E-state index in [0.29, 0.717) is 18.3 Å². The van der Waals surface area contributed by atoms with E-state index < -0.39 is 5.60 Å². The Balaban J connectivity index is 2.60. The molecule has 0 amide bonds. The lowest BCUT2D eigenvalue weighted by Crippen LogP contribution is -2.44. The van der Waals surface area contributed by atoms with Crippen LogP contribution in [0.5, 0.6) is 0 Å². The van der Waals surface area contributed by atoms with Gasteiger partial charge in [0, 0.05) is 13.3 Å². The van der Waals surface area contributed by atoms with Gasteiger partial charge in [0.05, 0.1) is 6.10 Å². The van der Waals surface area contributed by atoms with Crippen LogP contribution >= 0.6 is 0 Å². The van der Waals surface area contributed by atoms with Crippen molar-refractivity contribution in [1.82, 2.24) is 0 Å². The average molecular weight is 214 g/mol. The van der Waals surface area contributed by atoms with Crippen LogP contribution in [-0.2, 0) is 9.53 Å². The topological polar surface area (TPSA) is 46.5 Å². The third-order valence-corrected chi connectivity index (χ3v) is 3.39. The van der Waals surface area contributed by atoms with E-state index in [0.717, 1.165) is 12.8 Å². The van der Waals surface area contributed by atoms with Gasteiger partial charge in [-0.1, -0.05) is 13.8 Å². The summed E-state index contributed by atoms with van der Waals surface area (Å²) >= 11 is 0. The summed E-state index contributed by atoms with van der Waals surface area (Å²) in [5.74, 6) is 0.572. The van der Waals surface area contributed by atoms with Crippen molar-refractivity contribution in [2.45, 2.75) is 58.7 Å². The zero-order chi connectivity index (χ0) is 11.6. The second kappa shape index (κ2) is 4.52. The molecule has 3 heteroatoms. The first-order valence-electron chi connectivity index (χ1n) is 5.72. The van der Waals surface area contributed by atoms with Crippen molar-refractivity contribution in [3.63, 3.8) is 0 Å². The molecule has 0 aromatic rings. The highest BCUT2D eigenvalue weighted by atomic mass is 16.6. The average Bonchev–Trinajstić information content (AvgIpc) is 1.99. The molecule has 0 aromatic heterocycles. The standard InChI is InChI=1S/C12H22O3/c1-8(2)10-5-6-12(4,7-11(10)14)15-9(3)13/h8,10-11,14H,5-7H2,1-4H3/t10-,11+,12-/m1/s1. The fraction of sp³-hybridized carbons (Fsp3) is 0.917. The van der Waals surface area contributed by atoms with Crippen LogP contribution in [0.1, 0.15) is 47.0 Å². The maximum absolute atomic E-state index is 10.9.